The molecule has 1 aromatic carbocycles. The normalized spacial score (nSPS) is 14.3. The Morgan fingerprint density at radius 3 is 2.65 bits per heavy atom. The maximum Gasteiger partial charge on any atom is 0.260 e. The first-order chi connectivity index (χ1) is 15.2. The van der Waals surface area contributed by atoms with Gasteiger partial charge in [0.1, 0.15) is 18.0 Å². The SMILES string of the molecule is O=C(COc1ccccc1F)N1CCC(Cc2cc(Nc3ccccn3)ncn2)CC1. The fraction of sp³-hybridized carbons (Fsp3) is 0.304. The molecule has 1 N–H and O–H groups in total. The van der Waals surface area contributed by atoms with Gasteiger partial charge in [0.15, 0.2) is 18.2 Å². The van der Waals surface area contributed by atoms with Crippen LogP contribution in [0.15, 0.2) is 61.1 Å². The summed E-state index contributed by atoms with van der Waals surface area (Å²) in [7, 11) is 0. The van der Waals surface area contributed by atoms with E-state index in [1.807, 2.05) is 24.3 Å². The van der Waals surface area contributed by atoms with Crippen molar-refractivity contribution in [1.29, 1.82) is 0 Å². The first-order valence-corrected chi connectivity index (χ1v) is 10.3. The molecular weight excluding hydrogens is 397 g/mol. The molecule has 0 atom stereocenters. The third-order valence-corrected chi connectivity index (χ3v) is 5.30. The minimum absolute atomic E-state index is 0.101. The Morgan fingerprint density at radius 2 is 1.87 bits per heavy atom. The molecule has 7 nitrogen and oxygen atoms in total. The van der Waals surface area contributed by atoms with Crippen molar-refractivity contribution >= 4 is 17.5 Å². The Morgan fingerprint density at radius 1 is 1.06 bits per heavy atom. The highest BCUT2D eigenvalue weighted by molar-refractivity contribution is 5.77. The molecule has 0 aliphatic carbocycles. The van der Waals surface area contributed by atoms with E-state index < -0.39 is 5.82 Å². The van der Waals surface area contributed by atoms with E-state index >= 15 is 0 Å². The number of likely N-dealkylation sites (tertiary alicyclic amines) is 1. The number of carbonyl (C=O) groups excluding carboxylic acids is 1. The number of hydrogen-bond acceptors (Lipinski definition) is 6. The second kappa shape index (κ2) is 9.97. The fourth-order valence-electron chi connectivity index (χ4n) is 3.62. The fourth-order valence-corrected chi connectivity index (χ4v) is 3.62. The van der Waals surface area contributed by atoms with E-state index in [9.17, 15) is 9.18 Å². The van der Waals surface area contributed by atoms with Crippen LogP contribution in [-0.4, -0.2) is 45.5 Å². The molecule has 0 unspecified atom stereocenters. The number of nitrogens with one attached hydrogen (secondary N) is 1. The Bertz CT molecular complexity index is 1010. The minimum Gasteiger partial charge on any atom is -0.481 e. The van der Waals surface area contributed by atoms with Crippen LogP contribution < -0.4 is 10.1 Å². The standard InChI is InChI=1S/C23H24FN5O2/c24-19-5-1-2-6-20(19)31-15-23(30)29-11-8-17(9-12-29)13-18-14-22(27-16-26-18)28-21-7-3-4-10-25-21/h1-7,10,14,16-17H,8-9,11-13,15H2,(H,25,26,27,28). The zero-order chi connectivity index (χ0) is 21.5. The summed E-state index contributed by atoms with van der Waals surface area (Å²) in [6, 6.07) is 13.7. The molecule has 1 aliphatic heterocycles. The van der Waals surface area contributed by atoms with Crippen molar-refractivity contribution in [3.8, 4) is 5.75 Å². The highest BCUT2D eigenvalue weighted by atomic mass is 19.1. The van der Waals surface area contributed by atoms with E-state index in [0.717, 1.165) is 30.8 Å². The predicted molar refractivity (Wildman–Crippen MR) is 114 cm³/mol. The molecule has 0 spiro atoms. The van der Waals surface area contributed by atoms with Gasteiger partial charge < -0.3 is 15.0 Å². The van der Waals surface area contributed by atoms with Crippen LogP contribution in [0.4, 0.5) is 16.0 Å². The lowest BCUT2D eigenvalue weighted by atomic mass is 9.92. The van der Waals surface area contributed by atoms with Gasteiger partial charge in [0, 0.05) is 31.0 Å². The molecule has 0 saturated carbocycles. The van der Waals surface area contributed by atoms with Gasteiger partial charge in [-0.2, -0.15) is 0 Å². The summed E-state index contributed by atoms with van der Waals surface area (Å²) in [4.78, 5) is 27.1. The molecule has 2 aromatic heterocycles. The van der Waals surface area contributed by atoms with Gasteiger partial charge >= 0.3 is 0 Å². The molecule has 0 bridgehead atoms. The van der Waals surface area contributed by atoms with E-state index in [-0.39, 0.29) is 18.3 Å². The van der Waals surface area contributed by atoms with E-state index in [4.69, 9.17) is 4.74 Å². The van der Waals surface area contributed by atoms with Gasteiger partial charge in [-0.3, -0.25) is 4.79 Å². The average molecular weight is 421 g/mol. The number of piperidine rings is 1. The number of carbonyl (C=O) groups is 1. The number of aromatic nitrogens is 3. The van der Waals surface area contributed by atoms with Crippen molar-refractivity contribution < 1.29 is 13.9 Å². The maximum absolute atomic E-state index is 13.6. The van der Waals surface area contributed by atoms with Gasteiger partial charge in [0.2, 0.25) is 0 Å². The number of rotatable bonds is 7. The molecule has 160 valence electrons. The molecule has 8 heteroatoms. The number of nitrogens with zero attached hydrogens (tertiary/aromatic N) is 4. The van der Waals surface area contributed by atoms with Crippen LogP contribution in [0.5, 0.6) is 5.75 Å². The second-order valence-corrected chi connectivity index (χ2v) is 7.48. The lowest BCUT2D eigenvalue weighted by Gasteiger charge is -2.31. The average Bonchev–Trinajstić information content (AvgIpc) is 2.80. The Balaban J connectivity index is 1.25. The van der Waals surface area contributed by atoms with Gasteiger partial charge in [0.25, 0.3) is 5.91 Å². The number of ether oxygens (including phenoxy) is 1. The number of halogens is 1. The summed E-state index contributed by atoms with van der Waals surface area (Å²) < 4.78 is 19.0. The summed E-state index contributed by atoms with van der Waals surface area (Å²) >= 11 is 0. The van der Waals surface area contributed by atoms with Crippen LogP contribution in [0, 0.1) is 11.7 Å². The Hall–Kier alpha value is -3.55. The molecule has 3 aromatic rings. The quantitative estimate of drug-likeness (QED) is 0.628. The number of benzene rings is 1. The number of amides is 1. The largest absolute Gasteiger partial charge is 0.481 e. The maximum atomic E-state index is 13.6. The van der Waals surface area contributed by atoms with Crippen LogP contribution in [0.1, 0.15) is 18.5 Å². The molecule has 0 radical (unpaired) electrons. The van der Waals surface area contributed by atoms with Crippen molar-refractivity contribution in [1.82, 2.24) is 19.9 Å². The molecular formula is C23H24FN5O2. The zero-order valence-corrected chi connectivity index (χ0v) is 17.1. The Labute approximate surface area is 180 Å². The lowest BCUT2D eigenvalue weighted by Crippen LogP contribution is -2.41. The molecule has 1 fully saturated rings. The number of hydrogen-bond donors (Lipinski definition) is 1. The predicted octanol–water partition coefficient (Wildman–Crippen LogP) is 3.61. The third kappa shape index (κ3) is 5.75. The summed E-state index contributed by atoms with van der Waals surface area (Å²) in [5, 5.41) is 3.18. The van der Waals surface area contributed by atoms with E-state index in [0.29, 0.717) is 24.8 Å². The van der Waals surface area contributed by atoms with Gasteiger partial charge in [-0.1, -0.05) is 18.2 Å². The topological polar surface area (TPSA) is 80.2 Å². The van der Waals surface area contributed by atoms with Gasteiger partial charge in [-0.25, -0.2) is 19.3 Å². The van der Waals surface area contributed by atoms with Crippen molar-refractivity contribution in [3.05, 3.63) is 72.6 Å². The molecule has 1 amide bonds. The number of para-hydroxylation sites is 1. The molecule has 4 rings (SSSR count). The van der Waals surface area contributed by atoms with Crippen molar-refractivity contribution in [3.63, 3.8) is 0 Å². The number of anilines is 2. The van der Waals surface area contributed by atoms with Crippen LogP contribution in [-0.2, 0) is 11.2 Å². The zero-order valence-electron chi connectivity index (χ0n) is 17.1. The van der Waals surface area contributed by atoms with Gasteiger partial charge in [0.05, 0.1) is 0 Å². The molecule has 31 heavy (non-hydrogen) atoms. The minimum atomic E-state index is -0.462. The lowest BCUT2D eigenvalue weighted by molar-refractivity contribution is -0.134. The molecule has 1 aliphatic rings. The monoisotopic (exact) mass is 421 g/mol. The van der Waals surface area contributed by atoms with Crippen LogP contribution in [0.2, 0.25) is 0 Å². The van der Waals surface area contributed by atoms with E-state index in [1.54, 1.807) is 29.6 Å². The van der Waals surface area contributed by atoms with Crippen LogP contribution >= 0.6 is 0 Å². The summed E-state index contributed by atoms with van der Waals surface area (Å²) in [5.41, 5.74) is 0.959. The van der Waals surface area contributed by atoms with Crippen LogP contribution in [0.3, 0.4) is 0 Å². The smallest absolute Gasteiger partial charge is 0.260 e. The first kappa shape index (κ1) is 20.7. The summed E-state index contributed by atoms with van der Waals surface area (Å²) in [6.45, 7) is 1.17. The Kier molecular flexibility index (Phi) is 6.66. The van der Waals surface area contributed by atoms with Crippen molar-refractivity contribution in [2.75, 3.05) is 25.0 Å². The number of pyridine rings is 1. The molecule has 3 heterocycles. The van der Waals surface area contributed by atoms with E-state index in [1.165, 1.54) is 12.1 Å². The van der Waals surface area contributed by atoms with E-state index in [2.05, 4.69) is 20.3 Å². The van der Waals surface area contributed by atoms with Crippen molar-refractivity contribution in [2.24, 2.45) is 5.92 Å². The van der Waals surface area contributed by atoms with Gasteiger partial charge in [-0.15, -0.1) is 0 Å². The van der Waals surface area contributed by atoms with Gasteiger partial charge in [-0.05, 0) is 49.4 Å². The molecule has 1 saturated heterocycles. The summed E-state index contributed by atoms with van der Waals surface area (Å²) in [5.74, 6) is 1.40. The van der Waals surface area contributed by atoms with Crippen molar-refractivity contribution in [2.45, 2.75) is 19.3 Å². The highest BCUT2D eigenvalue weighted by Crippen LogP contribution is 2.23. The van der Waals surface area contributed by atoms with Crippen LogP contribution in [0.25, 0.3) is 0 Å². The third-order valence-electron chi connectivity index (χ3n) is 5.30. The summed E-state index contributed by atoms with van der Waals surface area (Å²) in [6.07, 6.45) is 5.88. The first-order valence-electron chi connectivity index (χ1n) is 10.3. The second-order valence-electron chi connectivity index (χ2n) is 7.48. The highest BCUT2D eigenvalue weighted by Gasteiger charge is 2.24.